The molecular weight excluding hydrogens is 239 g/mol. The van der Waals surface area contributed by atoms with Crippen molar-refractivity contribution < 1.29 is 14.8 Å². The number of hydrogen-bond acceptors (Lipinski definition) is 3. The van der Waals surface area contributed by atoms with E-state index in [1.807, 2.05) is 44.2 Å². The molecule has 0 aliphatic heterocycles. The van der Waals surface area contributed by atoms with Crippen LogP contribution in [0.15, 0.2) is 54.6 Å². The third-order valence-electron chi connectivity index (χ3n) is 2.43. The van der Waals surface area contributed by atoms with Crippen molar-refractivity contribution in [3.05, 3.63) is 60.2 Å². The number of benzene rings is 2. The highest BCUT2D eigenvalue weighted by Gasteiger charge is 2.09. The van der Waals surface area contributed by atoms with Crippen LogP contribution in [0.25, 0.3) is 0 Å². The molecule has 0 fully saturated rings. The predicted molar refractivity (Wildman–Crippen MR) is 78.4 cm³/mol. The van der Waals surface area contributed by atoms with Gasteiger partial charge in [0.25, 0.3) is 0 Å². The molecule has 2 rings (SSSR count). The Hall–Kier alpha value is -1.78. The molecule has 0 unspecified atom stereocenters. The summed E-state index contributed by atoms with van der Waals surface area (Å²) < 4.78 is 5.56. The van der Waals surface area contributed by atoms with Crippen LogP contribution >= 0.6 is 0 Å². The van der Waals surface area contributed by atoms with Gasteiger partial charge in [-0.1, -0.05) is 56.3 Å². The van der Waals surface area contributed by atoms with Gasteiger partial charge in [0.15, 0.2) is 0 Å². The van der Waals surface area contributed by atoms with Crippen molar-refractivity contribution in [1.29, 1.82) is 0 Å². The molecule has 0 atom stereocenters. The van der Waals surface area contributed by atoms with Gasteiger partial charge in [0.05, 0.1) is 0 Å². The van der Waals surface area contributed by atoms with E-state index in [9.17, 15) is 0 Å². The molecule has 0 spiro atoms. The summed E-state index contributed by atoms with van der Waals surface area (Å²) in [4.78, 5) is 0. The fraction of sp³-hybridized carbons (Fsp3) is 0.200. The predicted octanol–water partition coefficient (Wildman–Crippen LogP) is 1.97. The minimum Gasteiger partial charge on any atom is -0.489 e. The van der Waals surface area contributed by atoms with E-state index in [-0.39, 0.29) is 0 Å². The van der Waals surface area contributed by atoms with E-state index < -0.39 is 7.12 Å². The first-order valence-electron chi connectivity index (χ1n) is 6.38. The quantitative estimate of drug-likeness (QED) is 0.824. The van der Waals surface area contributed by atoms with Crippen LogP contribution in [0.3, 0.4) is 0 Å². The summed E-state index contributed by atoms with van der Waals surface area (Å²) in [6.45, 7) is 4.50. The smallest absolute Gasteiger partial charge is 0.488 e. The summed E-state index contributed by atoms with van der Waals surface area (Å²) in [6, 6.07) is 16.6. The van der Waals surface area contributed by atoms with E-state index in [2.05, 4.69) is 0 Å². The summed E-state index contributed by atoms with van der Waals surface area (Å²) in [6.07, 6.45) is 0. The zero-order chi connectivity index (χ0) is 14.1. The number of hydrogen-bond donors (Lipinski definition) is 2. The molecule has 2 aromatic rings. The maximum Gasteiger partial charge on any atom is 0.488 e. The zero-order valence-electron chi connectivity index (χ0n) is 11.3. The van der Waals surface area contributed by atoms with Gasteiger partial charge in [-0.3, -0.25) is 0 Å². The van der Waals surface area contributed by atoms with E-state index in [1.165, 1.54) is 0 Å². The number of rotatable bonds is 4. The summed E-state index contributed by atoms with van der Waals surface area (Å²) >= 11 is 0. The van der Waals surface area contributed by atoms with Crippen LogP contribution in [0.2, 0.25) is 0 Å². The SMILES string of the molecule is CC.OB(O)c1ccc(OCc2ccccc2)cc1. The van der Waals surface area contributed by atoms with Gasteiger partial charge in [-0.15, -0.1) is 0 Å². The van der Waals surface area contributed by atoms with Crippen LogP contribution in [-0.2, 0) is 6.61 Å². The Bertz CT molecular complexity index is 455. The van der Waals surface area contributed by atoms with Crippen LogP contribution in [0.5, 0.6) is 5.75 Å². The van der Waals surface area contributed by atoms with Gasteiger partial charge in [-0.25, -0.2) is 0 Å². The van der Waals surface area contributed by atoms with Gasteiger partial charge in [0.2, 0.25) is 0 Å². The Kier molecular flexibility index (Phi) is 6.72. The lowest BCUT2D eigenvalue weighted by atomic mass is 9.80. The molecule has 2 aromatic carbocycles. The van der Waals surface area contributed by atoms with Gasteiger partial charge >= 0.3 is 7.12 Å². The Morgan fingerprint density at radius 2 is 1.47 bits per heavy atom. The van der Waals surface area contributed by atoms with Crippen molar-refractivity contribution in [2.45, 2.75) is 20.5 Å². The Morgan fingerprint density at radius 1 is 0.895 bits per heavy atom. The lowest BCUT2D eigenvalue weighted by molar-refractivity contribution is 0.306. The van der Waals surface area contributed by atoms with Gasteiger partial charge in [-0.05, 0) is 23.2 Å². The standard InChI is InChI=1S/C13H13BO3.C2H6/c15-14(16)12-6-8-13(9-7-12)17-10-11-4-2-1-3-5-11;1-2/h1-9,15-16H,10H2;1-2H3. The van der Waals surface area contributed by atoms with E-state index in [4.69, 9.17) is 14.8 Å². The van der Waals surface area contributed by atoms with Gasteiger partial charge in [-0.2, -0.15) is 0 Å². The molecule has 100 valence electrons. The van der Waals surface area contributed by atoms with Gasteiger partial charge in [0.1, 0.15) is 12.4 Å². The topological polar surface area (TPSA) is 49.7 Å². The van der Waals surface area contributed by atoms with Crippen molar-refractivity contribution in [3.8, 4) is 5.75 Å². The van der Waals surface area contributed by atoms with Crippen molar-refractivity contribution in [1.82, 2.24) is 0 Å². The first-order valence-corrected chi connectivity index (χ1v) is 6.38. The van der Waals surface area contributed by atoms with Crippen molar-refractivity contribution >= 4 is 12.6 Å². The molecule has 0 bridgehead atoms. The minimum atomic E-state index is -1.43. The van der Waals surface area contributed by atoms with Crippen LogP contribution < -0.4 is 10.2 Å². The van der Waals surface area contributed by atoms with Crippen molar-refractivity contribution in [2.75, 3.05) is 0 Å². The minimum absolute atomic E-state index is 0.456. The Labute approximate surface area is 114 Å². The molecule has 0 aliphatic rings. The highest BCUT2D eigenvalue weighted by atomic mass is 16.5. The molecule has 0 aromatic heterocycles. The van der Waals surface area contributed by atoms with Gasteiger partial charge in [0, 0.05) is 0 Å². The maximum absolute atomic E-state index is 8.94. The molecule has 0 saturated carbocycles. The molecule has 0 radical (unpaired) electrons. The van der Waals surface area contributed by atoms with Crippen LogP contribution in [0.4, 0.5) is 0 Å². The van der Waals surface area contributed by atoms with E-state index in [0.717, 1.165) is 5.56 Å². The Balaban J connectivity index is 0.000000861. The molecule has 0 aliphatic carbocycles. The second-order valence-corrected chi connectivity index (χ2v) is 3.72. The second kappa shape index (κ2) is 8.35. The monoisotopic (exact) mass is 258 g/mol. The van der Waals surface area contributed by atoms with Crippen molar-refractivity contribution in [3.63, 3.8) is 0 Å². The van der Waals surface area contributed by atoms with Crippen LogP contribution in [0.1, 0.15) is 19.4 Å². The molecule has 0 heterocycles. The molecule has 4 heteroatoms. The molecule has 0 saturated heterocycles. The summed E-state index contributed by atoms with van der Waals surface area (Å²) in [5.74, 6) is 0.707. The fourth-order valence-electron chi connectivity index (χ4n) is 1.48. The lowest BCUT2D eigenvalue weighted by Crippen LogP contribution is -2.29. The highest BCUT2D eigenvalue weighted by molar-refractivity contribution is 6.58. The molecule has 19 heavy (non-hydrogen) atoms. The average molecular weight is 258 g/mol. The summed E-state index contributed by atoms with van der Waals surface area (Å²) in [5, 5.41) is 17.9. The largest absolute Gasteiger partial charge is 0.489 e. The first kappa shape index (κ1) is 15.3. The maximum atomic E-state index is 8.94. The number of ether oxygens (including phenoxy) is 1. The average Bonchev–Trinajstić information content (AvgIpc) is 2.49. The summed E-state index contributed by atoms with van der Waals surface area (Å²) in [7, 11) is -1.43. The summed E-state index contributed by atoms with van der Waals surface area (Å²) in [5.41, 5.74) is 1.55. The molecular formula is C15H19BO3. The second-order valence-electron chi connectivity index (χ2n) is 3.72. The van der Waals surface area contributed by atoms with Gasteiger partial charge < -0.3 is 14.8 Å². The fourth-order valence-corrected chi connectivity index (χ4v) is 1.48. The Morgan fingerprint density at radius 3 is 2.00 bits per heavy atom. The van der Waals surface area contributed by atoms with E-state index in [1.54, 1.807) is 24.3 Å². The van der Waals surface area contributed by atoms with Crippen molar-refractivity contribution in [2.24, 2.45) is 0 Å². The molecule has 0 amide bonds. The molecule has 2 N–H and O–H groups in total. The van der Waals surface area contributed by atoms with Crippen LogP contribution in [-0.4, -0.2) is 17.2 Å². The lowest BCUT2D eigenvalue weighted by Gasteiger charge is -2.07. The third-order valence-corrected chi connectivity index (χ3v) is 2.43. The molecule has 3 nitrogen and oxygen atoms in total. The third kappa shape index (κ3) is 5.16. The van der Waals surface area contributed by atoms with E-state index in [0.29, 0.717) is 17.8 Å². The highest BCUT2D eigenvalue weighted by Crippen LogP contribution is 2.10. The normalized spacial score (nSPS) is 9.26. The first-order chi connectivity index (χ1) is 9.25. The van der Waals surface area contributed by atoms with E-state index >= 15 is 0 Å². The zero-order valence-corrected chi connectivity index (χ0v) is 11.3. The van der Waals surface area contributed by atoms with Crippen LogP contribution in [0, 0.1) is 0 Å².